The summed E-state index contributed by atoms with van der Waals surface area (Å²) in [6.07, 6.45) is 2.31. The quantitative estimate of drug-likeness (QED) is 0.773. The number of amides is 1. The zero-order valence-electron chi connectivity index (χ0n) is 10.4. The SMILES string of the molecule is CC1(C)CCCN(C(=O)c2ccc(Br)cc2)C1. The van der Waals surface area contributed by atoms with Crippen LogP contribution in [-0.2, 0) is 0 Å². The molecule has 0 atom stereocenters. The zero-order chi connectivity index (χ0) is 12.5. The van der Waals surface area contributed by atoms with E-state index in [2.05, 4.69) is 29.8 Å². The molecule has 0 aliphatic carbocycles. The second-order valence-electron chi connectivity index (χ2n) is 5.50. The van der Waals surface area contributed by atoms with Crippen molar-refractivity contribution in [3.63, 3.8) is 0 Å². The second-order valence-corrected chi connectivity index (χ2v) is 6.42. The molecule has 1 heterocycles. The third-order valence-corrected chi connectivity index (χ3v) is 3.81. The Balaban J connectivity index is 2.12. The van der Waals surface area contributed by atoms with Gasteiger partial charge in [-0.15, -0.1) is 0 Å². The number of benzene rings is 1. The minimum absolute atomic E-state index is 0.158. The molecule has 0 radical (unpaired) electrons. The molecule has 3 heteroatoms. The molecular formula is C14H18BrNO. The van der Waals surface area contributed by atoms with Crippen LogP contribution in [0.2, 0.25) is 0 Å². The van der Waals surface area contributed by atoms with Crippen LogP contribution < -0.4 is 0 Å². The number of nitrogens with zero attached hydrogens (tertiary/aromatic N) is 1. The van der Waals surface area contributed by atoms with Gasteiger partial charge in [0.15, 0.2) is 0 Å². The average molecular weight is 296 g/mol. The lowest BCUT2D eigenvalue weighted by Gasteiger charge is -2.38. The largest absolute Gasteiger partial charge is 0.338 e. The van der Waals surface area contributed by atoms with Crippen LogP contribution in [0.15, 0.2) is 28.7 Å². The van der Waals surface area contributed by atoms with E-state index in [-0.39, 0.29) is 11.3 Å². The molecule has 2 rings (SSSR count). The van der Waals surface area contributed by atoms with Crippen LogP contribution in [0.5, 0.6) is 0 Å². The van der Waals surface area contributed by atoms with E-state index in [4.69, 9.17) is 0 Å². The van der Waals surface area contributed by atoms with Crippen LogP contribution >= 0.6 is 15.9 Å². The first-order valence-electron chi connectivity index (χ1n) is 6.03. The number of likely N-dealkylation sites (tertiary alicyclic amines) is 1. The number of hydrogen-bond acceptors (Lipinski definition) is 1. The van der Waals surface area contributed by atoms with E-state index in [1.54, 1.807) is 0 Å². The fraction of sp³-hybridized carbons (Fsp3) is 0.500. The van der Waals surface area contributed by atoms with Crippen molar-refractivity contribution in [1.82, 2.24) is 4.90 Å². The molecule has 1 aromatic carbocycles. The summed E-state index contributed by atoms with van der Waals surface area (Å²) in [5.74, 6) is 0.158. The molecule has 1 saturated heterocycles. The summed E-state index contributed by atoms with van der Waals surface area (Å²) in [5, 5.41) is 0. The lowest BCUT2D eigenvalue weighted by molar-refractivity contribution is 0.0583. The van der Waals surface area contributed by atoms with Crippen molar-refractivity contribution in [2.24, 2.45) is 5.41 Å². The van der Waals surface area contributed by atoms with Gasteiger partial charge in [0.05, 0.1) is 0 Å². The molecule has 17 heavy (non-hydrogen) atoms. The summed E-state index contributed by atoms with van der Waals surface area (Å²) in [5.41, 5.74) is 1.04. The van der Waals surface area contributed by atoms with E-state index in [0.29, 0.717) is 0 Å². The van der Waals surface area contributed by atoms with Crippen LogP contribution in [0.3, 0.4) is 0 Å². The Morgan fingerprint density at radius 1 is 1.29 bits per heavy atom. The lowest BCUT2D eigenvalue weighted by Crippen LogP contribution is -2.43. The molecule has 2 nitrogen and oxygen atoms in total. The van der Waals surface area contributed by atoms with Gasteiger partial charge in [0, 0.05) is 23.1 Å². The van der Waals surface area contributed by atoms with Crippen LogP contribution in [0.1, 0.15) is 37.0 Å². The van der Waals surface area contributed by atoms with E-state index in [0.717, 1.165) is 29.5 Å². The summed E-state index contributed by atoms with van der Waals surface area (Å²) >= 11 is 3.38. The molecule has 1 aliphatic heterocycles. The first-order valence-corrected chi connectivity index (χ1v) is 6.82. The van der Waals surface area contributed by atoms with E-state index < -0.39 is 0 Å². The van der Waals surface area contributed by atoms with Gasteiger partial charge in [0.1, 0.15) is 0 Å². The maximum atomic E-state index is 12.3. The monoisotopic (exact) mass is 295 g/mol. The van der Waals surface area contributed by atoms with E-state index in [1.807, 2.05) is 29.2 Å². The normalized spacial score (nSPS) is 19.1. The van der Waals surface area contributed by atoms with Gasteiger partial charge in [0.25, 0.3) is 5.91 Å². The zero-order valence-corrected chi connectivity index (χ0v) is 12.0. The molecule has 1 fully saturated rings. The fourth-order valence-electron chi connectivity index (χ4n) is 2.37. The van der Waals surface area contributed by atoms with Gasteiger partial charge >= 0.3 is 0 Å². The van der Waals surface area contributed by atoms with Crippen molar-refractivity contribution >= 4 is 21.8 Å². The number of carbonyl (C=O) groups is 1. The maximum Gasteiger partial charge on any atom is 0.253 e. The summed E-state index contributed by atoms with van der Waals surface area (Å²) in [7, 11) is 0. The van der Waals surface area contributed by atoms with Crippen LogP contribution in [0, 0.1) is 5.41 Å². The number of rotatable bonds is 1. The highest BCUT2D eigenvalue weighted by Crippen LogP contribution is 2.29. The number of carbonyl (C=O) groups excluding carboxylic acids is 1. The fourth-order valence-corrected chi connectivity index (χ4v) is 2.64. The van der Waals surface area contributed by atoms with Gasteiger partial charge in [-0.3, -0.25) is 4.79 Å². The van der Waals surface area contributed by atoms with Gasteiger partial charge in [0.2, 0.25) is 0 Å². The second kappa shape index (κ2) is 4.81. The smallest absolute Gasteiger partial charge is 0.253 e. The summed E-state index contributed by atoms with van der Waals surface area (Å²) in [6.45, 7) is 6.21. The first-order chi connectivity index (χ1) is 7.98. The van der Waals surface area contributed by atoms with Gasteiger partial charge in [-0.2, -0.15) is 0 Å². The van der Waals surface area contributed by atoms with Gasteiger partial charge in [-0.1, -0.05) is 29.8 Å². The Labute approximate surface area is 111 Å². The molecule has 1 amide bonds. The predicted octanol–water partition coefficient (Wildman–Crippen LogP) is 3.71. The highest BCUT2D eigenvalue weighted by atomic mass is 79.9. The van der Waals surface area contributed by atoms with Crippen molar-refractivity contribution in [1.29, 1.82) is 0 Å². The Bertz CT molecular complexity index is 411. The Kier molecular flexibility index (Phi) is 3.57. The van der Waals surface area contributed by atoms with Crippen molar-refractivity contribution in [3.05, 3.63) is 34.3 Å². The van der Waals surface area contributed by atoms with Crippen molar-refractivity contribution in [2.45, 2.75) is 26.7 Å². The van der Waals surface area contributed by atoms with Gasteiger partial charge in [-0.05, 0) is 42.5 Å². The summed E-state index contributed by atoms with van der Waals surface area (Å²) < 4.78 is 1.01. The molecule has 0 aromatic heterocycles. The minimum atomic E-state index is 0.158. The number of piperidine rings is 1. The molecule has 0 spiro atoms. The molecule has 0 N–H and O–H groups in total. The molecular weight excluding hydrogens is 278 g/mol. The number of halogens is 1. The molecule has 92 valence electrons. The summed E-state index contributed by atoms with van der Waals surface area (Å²) in [6, 6.07) is 7.60. The lowest BCUT2D eigenvalue weighted by atomic mass is 9.84. The third-order valence-electron chi connectivity index (χ3n) is 3.28. The molecule has 0 saturated carbocycles. The highest BCUT2D eigenvalue weighted by Gasteiger charge is 2.29. The Morgan fingerprint density at radius 2 is 1.94 bits per heavy atom. The average Bonchev–Trinajstić information content (AvgIpc) is 2.28. The highest BCUT2D eigenvalue weighted by molar-refractivity contribution is 9.10. The summed E-state index contributed by atoms with van der Waals surface area (Å²) in [4.78, 5) is 14.3. The predicted molar refractivity (Wildman–Crippen MR) is 73.1 cm³/mol. The molecule has 0 bridgehead atoms. The molecule has 1 aromatic rings. The van der Waals surface area contributed by atoms with E-state index in [1.165, 1.54) is 6.42 Å². The van der Waals surface area contributed by atoms with Crippen LogP contribution in [-0.4, -0.2) is 23.9 Å². The minimum Gasteiger partial charge on any atom is -0.338 e. The first kappa shape index (κ1) is 12.6. The standard InChI is InChI=1S/C14H18BrNO/c1-14(2)8-3-9-16(10-14)13(17)11-4-6-12(15)7-5-11/h4-7H,3,8-10H2,1-2H3. The topological polar surface area (TPSA) is 20.3 Å². The Morgan fingerprint density at radius 3 is 2.53 bits per heavy atom. The molecule has 1 aliphatic rings. The van der Waals surface area contributed by atoms with Crippen molar-refractivity contribution in [2.75, 3.05) is 13.1 Å². The molecule has 0 unspecified atom stereocenters. The Hall–Kier alpha value is -0.830. The van der Waals surface area contributed by atoms with Crippen LogP contribution in [0.25, 0.3) is 0 Å². The maximum absolute atomic E-state index is 12.3. The van der Waals surface area contributed by atoms with E-state index in [9.17, 15) is 4.79 Å². The van der Waals surface area contributed by atoms with E-state index >= 15 is 0 Å². The third kappa shape index (κ3) is 3.09. The number of hydrogen-bond donors (Lipinski definition) is 0. The van der Waals surface area contributed by atoms with Gasteiger partial charge in [-0.25, -0.2) is 0 Å². The van der Waals surface area contributed by atoms with Gasteiger partial charge < -0.3 is 4.90 Å². The van der Waals surface area contributed by atoms with Crippen molar-refractivity contribution in [3.8, 4) is 0 Å². The van der Waals surface area contributed by atoms with Crippen LogP contribution in [0.4, 0.5) is 0 Å². The van der Waals surface area contributed by atoms with Crippen molar-refractivity contribution < 1.29 is 4.79 Å².